The Hall–Kier alpha value is -2.33. The largest absolute Gasteiger partial charge is 0.322 e. The molecule has 0 saturated carbocycles. The average molecular weight is 308 g/mol. The number of carbonyl (C=O) groups excluding carboxylic acids is 1. The van der Waals surface area contributed by atoms with Crippen molar-refractivity contribution < 1.29 is 4.79 Å². The zero-order valence-corrected chi connectivity index (χ0v) is 12.9. The fourth-order valence-corrected chi connectivity index (χ4v) is 3.03. The number of thioether (sulfide) groups is 1. The second-order valence-corrected chi connectivity index (χ2v) is 5.84. The Kier molecular flexibility index (Phi) is 4.71. The topological polar surface area (TPSA) is 34.9 Å². The van der Waals surface area contributed by atoms with Gasteiger partial charge in [-0.05, 0) is 5.56 Å². The van der Waals surface area contributed by atoms with Crippen LogP contribution in [-0.4, -0.2) is 21.1 Å². The van der Waals surface area contributed by atoms with Gasteiger partial charge < -0.3 is 4.57 Å². The van der Waals surface area contributed by atoms with E-state index in [1.807, 2.05) is 54.7 Å². The number of carbonyl (C=O) groups is 1. The molecule has 3 rings (SSSR count). The summed E-state index contributed by atoms with van der Waals surface area (Å²) in [5.74, 6) is 0.523. The molecular formula is C18H16N2OS. The maximum absolute atomic E-state index is 12.2. The highest BCUT2D eigenvalue weighted by Crippen LogP contribution is 2.18. The van der Waals surface area contributed by atoms with Crippen molar-refractivity contribution in [2.75, 3.05) is 5.75 Å². The molecule has 0 aliphatic heterocycles. The van der Waals surface area contributed by atoms with Crippen molar-refractivity contribution in [2.45, 2.75) is 11.7 Å². The molecule has 1 heterocycles. The molecule has 0 saturated heterocycles. The second-order valence-electron chi connectivity index (χ2n) is 4.90. The minimum absolute atomic E-state index is 0.125. The summed E-state index contributed by atoms with van der Waals surface area (Å²) in [4.78, 5) is 16.5. The van der Waals surface area contributed by atoms with Crippen LogP contribution in [-0.2, 0) is 6.54 Å². The van der Waals surface area contributed by atoms with Gasteiger partial charge in [-0.2, -0.15) is 0 Å². The van der Waals surface area contributed by atoms with Crippen LogP contribution >= 0.6 is 11.8 Å². The van der Waals surface area contributed by atoms with Crippen LogP contribution in [0, 0.1) is 0 Å². The molecule has 0 bridgehead atoms. The molecule has 0 atom stereocenters. The molecule has 0 aliphatic carbocycles. The normalized spacial score (nSPS) is 10.5. The molecule has 0 radical (unpaired) electrons. The Morgan fingerprint density at radius 3 is 2.41 bits per heavy atom. The van der Waals surface area contributed by atoms with Crippen LogP contribution in [0.2, 0.25) is 0 Å². The van der Waals surface area contributed by atoms with E-state index in [0.29, 0.717) is 5.75 Å². The lowest BCUT2D eigenvalue weighted by Crippen LogP contribution is -2.05. The number of aromatic nitrogens is 2. The van der Waals surface area contributed by atoms with Gasteiger partial charge in [0, 0.05) is 24.5 Å². The number of nitrogens with zero attached hydrogens (tertiary/aromatic N) is 2. The smallest absolute Gasteiger partial charge is 0.173 e. The van der Waals surface area contributed by atoms with E-state index in [2.05, 4.69) is 21.7 Å². The van der Waals surface area contributed by atoms with Gasteiger partial charge in [0.15, 0.2) is 10.9 Å². The lowest BCUT2D eigenvalue weighted by Gasteiger charge is -2.07. The predicted octanol–water partition coefficient (Wildman–Crippen LogP) is 3.91. The first-order valence-corrected chi connectivity index (χ1v) is 8.07. The standard InChI is InChI=1S/C18H16N2OS/c21-17(16-9-5-2-6-10-16)14-22-18-19-11-12-20(18)13-15-7-3-1-4-8-15/h1-12H,13-14H2. The lowest BCUT2D eigenvalue weighted by atomic mass is 10.2. The molecule has 2 aromatic carbocycles. The molecule has 22 heavy (non-hydrogen) atoms. The second kappa shape index (κ2) is 7.09. The molecule has 0 spiro atoms. The molecule has 4 heteroatoms. The molecule has 0 amide bonds. The van der Waals surface area contributed by atoms with Crippen molar-refractivity contribution in [3.63, 3.8) is 0 Å². The van der Waals surface area contributed by atoms with Crippen LogP contribution in [0.1, 0.15) is 15.9 Å². The number of Topliss-reactive ketones (excluding diaryl/α,β-unsaturated/α-hetero) is 1. The Labute approximate surface area is 134 Å². The zero-order chi connectivity index (χ0) is 15.2. The molecule has 0 unspecified atom stereocenters. The monoisotopic (exact) mass is 308 g/mol. The van der Waals surface area contributed by atoms with E-state index in [1.165, 1.54) is 17.3 Å². The zero-order valence-electron chi connectivity index (χ0n) is 12.1. The maximum Gasteiger partial charge on any atom is 0.173 e. The fraction of sp³-hybridized carbons (Fsp3) is 0.111. The van der Waals surface area contributed by atoms with Crippen LogP contribution in [0.5, 0.6) is 0 Å². The van der Waals surface area contributed by atoms with Gasteiger partial charge in [-0.15, -0.1) is 0 Å². The van der Waals surface area contributed by atoms with Gasteiger partial charge in [-0.1, -0.05) is 72.4 Å². The number of benzene rings is 2. The highest BCUT2D eigenvalue weighted by Gasteiger charge is 2.09. The van der Waals surface area contributed by atoms with Crippen LogP contribution in [0.3, 0.4) is 0 Å². The fourth-order valence-electron chi connectivity index (χ4n) is 2.17. The van der Waals surface area contributed by atoms with Gasteiger partial charge in [0.2, 0.25) is 0 Å². The highest BCUT2D eigenvalue weighted by atomic mass is 32.2. The van der Waals surface area contributed by atoms with Crippen LogP contribution < -0.4 is 0 Å². The molecule has 110 valence electrons. The first-order chi connectivity index (χ1) is 10.8. The summed E-state index contributed by atoms with van der Waals surface area (Å²) in [5, 5.41) is 0.869. The van der Waals surface area contributed by atoms with Crippen molar-refractivity contribution in [1.82, 2.24) is 9.55 Å². The third-order valence-corrected chi connectivity index (χ3v) is 4.31. The number of ketones is 1. The molecular weight excluding hydrogens is 292 g/mol. The molecule has 3 aromatic rings. The number of hydrogen-bond acceptors (Lipinski definition) is 3. The first kappa shape index (κ1) is 14.6. The van der Waals surface area contributed by atoms with E-state index in [4.69, 9.17) is 0 Å². The molecule has 0 aliphatic rings. The highest BCUT2D eigenvalue weighted by molar-refractivity contribution is 7.99. The van der Waals surface area contributed by atoms with Gasteiger partial charge in [-0.3, -0.25) is 4.79 Å². The third kappa shape index (κ3) is 3.65. The summed E-state index contributed by atoms with van der Waals surface area (Å²) in [6, 6.07) is 19.6. The summed E-state index contributed by atoms with van der Waals surface area (Å²) >= 11 is 1.48. The molecule has 0 N–H and O–H groups in total. The maximum atomic E-state index is 12.2. The number of rotatable bonds is 6. The summed E-state index contributed by atoms with van der Waals surface area (Å²) in [6.07, 6.45) is 3.72. The average Bonchev–Trinajstić information content (AvgIpc) is 3.01. The molecule has 3 nitrogen and oxygen atoms in total. The summed E-state index contributed by atoms with van der Waals surface area (Å²) in [7, 11) is 0. The molecule has 0 fully saturated rings. The predicted molar refractivity (Wildman–Crippen MR) is 89.3 cm³/mol. The van der Waals surface area contributed by atoms with Crippen LogP contribution in [0.4, 0.5) is 0 Å². The number of hydrogen-bond donors (Lipinski definition) is 0. The van der Waals surface area contributed by atoms with E-state index >= 15 is 0 Å². The summed E-state index contributed by atoms with van der Waals surface area (Å²) in [5.41, 5.74) is 1.97. The van der Waals surface area contributed by atoms with Gasteiger partial charge >= 0.3 is 0 Å². The Bertz CT molecular complexity index is 738. The van der Waals surface area contributed by atoms with Gasteiger partial charge in [0.25, 0.3) is 0 Å². The van der Waals surface area contributed by atoms with Crippen LogP contribution in [0.25, 0.3) is 0 Å². The summed E-state index contributed by atoms with van der Waals surface area (Å²) < 4.78 is 2.07. The Balaban J connectivity index is 1.64. The quantitative estimate of drug-likeness (QED) is 0.511. The van der Waals surface area contributed by atoms with Crippen molar-refractivity contribution in [3.8, 4) is 0 Å². The summed E-state index contributed by atoms with van der Waals surface area (Å²) in [6.45, 7) is 0.767. The Morgan fingerprint density at radius 2 is 1.68 bits per heavy atom. The van der Waals surface area contributed by atoms with Gasteiger partial charge in [0.05, 0.1) is 5.75 Å². The van der Waals surface area contributed by atoms with Crippen molar-refractivity contribution >= 4 is 17.5 Å². The lowest BCUT2D eigenvalue weighted by molar-refractivity contribution is 0.102. The van der Waals surface area contributed by atoms with E-state index in [-0.39, 0.29) is 5.78 Å². The molecule has 1 aromatic heterocycles. The minimum atomic E-state index is 0.125. The van der Waals surface area contributed by atoms with E-state index in [9.17, 15) is 4.79 Å². The Morgan fingerprint density at radius 1 is 1.00 bits per heavy atom. The minimum Gasteiger partial charge on any atom is -0.322 e. The van der Waals surface area contributed by atoms with E-state index in [1.54, 1.807) is 6.20 Å². The van der Waals surface area contributed by atoms with Crippen molar-refractivity contribution in [2.24, 2.45) is 0 Å². The van der Waals surface area contributed by atoms with E-state index in [0.717, 1.165) is 17.3 Å². The van der Waals surface area contributed by atoms with E-state index < -0.39 is 0 Å². The van der Waals surface area contributed by atoms with Crippen molar-refractivity contribution in [1.29, 1.82) is 0 Å². The van der Waals surface area contributed by atoms with Crippen molar-refractivity contribution in [3.05, 3.63) is 84.2 Å². The first-order valence-electron chi connectivity index (χ1n) is 7.09. The third-order valence-electron chi connectivity index (χ3n) is 3.30. The van der Waals surface area contributed by atoms with Crippen LogP contribution in [0.15, 0.2) is 78.2 Å². The SMILES string of the molecule is O=C(CSc1nccn1Cc1ccccc1)c1ccccc1. The van der Waals surface area contributed by atoms with Gasteiger partial charge in [-0.25, -0.2) is 4.98 Å². The number of imidazole rings is 1. The van der Waals surface area contributed by atoms with Gasteiger partial charge in [0.1, 0.15) is 0 Å².